The maximum Gasteiger partial charge on any atom is 0.291 e. The highest BCUT2D eigenvalue weighted by Crippen LogP contribution is 2.15. The van der Waals surface area contributed by atoms with Gasteiger partial charge in [0.15, 0.2) is 0 Å². The standard InChI is InChI=1S/C23H26N4O2/c1-17-7-5-10-19(15-17)27-21(13-12-18-8-3-2-4-9-18)25-22(26-27)23(28)24-16-20-11-6-14-29-20/h2-5,7-10,15,20H,6,11-14,16H2,1H3,(H,24,28). The lowest BCUT2D eigenvalue weighted by atomic mass is 10.1. The van der Waals surface area contributed by atoms with Gasteiger partial charge >= 0.3 is 0 Å². The van der Waals surface area contributed by atoms with Crippen LogP contribution in [0.3, 0.4) is 0 Å². The van der Waals surface area contributed by atoms with Crippen molar-refractivity contribution in [3.8, 4) is 5.69 Å². The Labute approximate surface area is 170 Å². The first-order valence-corrected chi connectivity index (χ1v) is 10.2. The number of carbonyl (C=O) groups excluding carboxylic acids is 1. The molecule has 1 fully saturated rings. The van der Waals surface area contributed by atoms with Crippen LogP contribution in [-0.2, 0) is 17.6 Å². The molecule has 2 aromatic carbocycles. The van der Waals surface area contributed by atoms with E-state index in [4.69, 9.17) is 4.74 Å². The van der Waals surface area contributed by atoms with Crippen LogP contribution in [0.2, 0.25) is 0 Å². The number of rotatable bonds is 7. The van der Waals surface area contributed by atoms with E-state index in [0.29, 0.717) is 13.0 Å². The zero-order chi connectivity index (χ0) is 20.1. The monoisotopic (exact) mass is 390 g/mol. The highest BCUT2D eigenvalue weighted by Gasteiger charge is 2.20. The molecule has 1 amide bonds. The summed E-state index contributed by atoms with van der Waals surface area (Å²) in [4.78, 5) is 17.2. The Balaban J connectivity index is 1.54. The Hall–Kier alpha value is -2.99. The second kappa shape index (κ2) is 9.01. The molecule has 3 aromatic rings. The van der Waals surface area contributed by atoms with Crippen LogP contribution in [0.4, 0.5) is 0 Å². The van der Waals surface area contributed by atoms with Crippen LogP contribution in [0.5, 0.6) is 0 Å². The maximum atomic E-state index is 12.6. The first-order chi connectivity index (χ1) is 14.2. The van der Waals surface area contributed by atoms with Gasteiger partial charge in [-0.25, -0.2) is 9.67 Å². The molecule has 4 rings (SSSR count). The number of carbonyl (C=O) groups is 1. The highest BCUT2D eigenvalue weighted by molar-refractivity contribution is 5.90. The van der Waals surface area contributed by atoms with Gasteiger partial charge in [0.2, 0.25) is 5.82 Å². The van der Waals surface area contributed by atoms with Crippen molar-refractivity contribution in [2.75, 3.05) is 13.2 Å². The summed E-state index contributed by atoms with van der Waals surface area (Å²) in [6.07, 6.45) is 3.65. The van der Waals surface area contributed by atoms with Crippen molar-refractivity contribution < 1.29 is 9.53 Å². The molecule has 29 heavy (non-hydrogen) atoms. The van der Waals surface area contributed by atoms with Crippen LogP contribution in [0, 0.1) is 6.92 Å². The van der Waals surface area contributed by atoms with Crippen molar-refractivity contribution in [2.45, 2.75) is 38.7 Å². The van der Waals surface area contributed by atoms with E-state index < -0.39 is 0 Å². The quantitative estimate of drug-likeness (QED) is 0.672. The number of hydrogen-bond donors (Lipinski definition) is 1. The van der Waals surface area contributed by atoms with E-state index in [9.17, 15) is 4.79 Å². The van der Waals surface area contributed by atoms with Crippen LogP contribution in [0.15, 0.2) is 54.6 Å². The van der Waals surface area contributed by atoms with E-state index in [0.717, 1.165) is 42.9 Å². The number of aromatic nitrogens is 3. The summed E-state index contributed by atoms with van der Waals surface area (Å²) in [5.41, 5.74) is 3.28. The molecular weight excluding hydrogens is 364 g/mol. The Morgan fingerprint density at radius 2 is 2.03 bits per heavy atom. The summed E-state index contributed by atoms with van der Waals surface area (Å²) in [7, 11) is 0. The molecule has 0 aliphatic carbocycles. The van der Waals surface area contributed by atoms with Crippen LogP contribution in [-0.4, -0.2) is 39.9 Å². The van der Waals surface area contributed by atoms with E-state index in [-0.39, 0.29) is 17.8 Å². The van der Waals surface area contributed by atoms with Crippen LogP contribution in [0.25, 0.3) is 5.69 Å². The Bertz CT molecular complexity index is 962. The van der Waals surface area contributed by atoms with Gasteiger partial charge in [0.05, 0.1) is 11.8 Å². The van der Waals surface area contributed by atoms with Crippen LogP contribution < -0.4 is 5.32 Å². The average Bonchev–Trinajstić information content (AvgIpc) is 3.41. The SMILES string of the molecule is Cc1cccc(-n2nc(C(=O)NCC3CCCO3)nc2CCc2ccccc2)c1. The summed E-state index contributed by atoms with van der Waals surface area (Å²) < 4.78 is 7.37. The normalized spacial score (nSPS) is 16.1. The minimum atomic E-state index is -0.257. The number of ether oxygens (including phenoxy) is 1. The summed E-state index contributed by atoms with van der Waals surface area (Å²) in [5, 5.41) is 7.45. The van der Waals surface area contributed by atoms with Crippen molar-refractivity contribution >= 4 is 5.91 Å². The molecule has 0 saturated carbocycles. The molecule has 1 atom stereocenters. The zero-order valence-corrected chi connectivity index (χ0v) is 16.7. The fraction of sp³-hybridized carbons (Fsp3) is 0.348. The number of nitrogens with one attached hydrogen (secondary N) is 1. The molecule has 150 valence electrons. The molecule has 6 nitrogen and oxygen atoms in total. The van der Waals surface area contributed by atoms with Gasteiger partial charge in [0.25, 0.3) is 5.91 Å². The third-order valence-corrected chi connectivity index (χ3v) is 5.12. The van der Waals surface area contributed by atoms with Gasteiger partial charge in [-0.3, -0.25) is 4.79 Å². The lowest BCUT2D eigenvalue weighted by Gasteiger charge is -2.09. The van der Waals surface area contributed by atoms with Gasteiger partial charge in [0.1, 0.15) is 5.82 Å². The average molecular weight is 390 g/mol. The number of aryl methyl sites for hydroxylation is 3. The molecule has 1 aromatic heterocycles. The van der Waals surface area contributed by atoms with Crippen molar-refractivity contribution in [1.29, 1.82) is 0 Å². The lowest BCUT2D eigenvalue weighted by molar-refractivity contribution is 0.0849. The molecule has 0 bridgehead atoms. The van der Waals surface area contributed by atoms with Gasteiger partial charge in [-0.1, -0.05) is 42.5 Å². The molecule has 1 aliphatic heterocycles. The second-order valence-corrected chi connectivity index (χ2v) is 7.43. The largest absolute Gasteiger partial charge is 0.376 e. The molecule has 1 aliphatic rings. The first-order valence-electron chi connectivity index (χ1n) is 10.2. The van der Waals surface area contributed by atoms with Gasteiger partial charge in [-0.15, -0.1) is 5.10 Å². The third kappa shape index (κ3) is 4.90. The molecule has 1 unspecified atom stereocenters. The molecule has 0 spiro atoms. The number of amides is 1. The Morgan fingerprint density at radius 1 is 1.17 bits per heavy atom. The Morgan fingerprint density at radius 3 is 2.79 bits per heavy atom. The summed E-state index contributed by atoms with van der Waals surface area (Å²) in [6, 6.07) is 18.3. The van der Waals surface area contributed by atoms with Crippen molar-refractivity contribution in [3.05, 3.63) is 77.4 Å². The molecule has 6 heteroatoms. The molecular formula is C23H26N4O2. The van der Waals surface area contributed by atoms with Crippen LogP contribution >= 0.6 is 0 Å². The predicted octanol–water partition coefficient (Wildman–Crippen LogP) is 3.27. The Kier molecular flexibility index (Phi) is 6.00. The number of nitrogens with zero attached hydrogens (tertiary/aromatic N) is 3. The highest BCUT2D eigenvalue weighted by atomic mass is 16.5. The van der Waals surface area contributed by atoms with E-state index in [1.807, 2.05) is 43.3 Å². The van der Waals surface area contributed by atoms with E-state index in [2.05, 4.69) is 33.6 Å². The predicted molar refractivity (Wildman–Crippen MR) is 111 cm³/mol. The van der Waals surface area contributed by atoms with Crippen molar-refractivity contribution in [2.24, 2.45) is 0 Å². The second-order valence-electron chi connectivity index (χ2n) is 7.43. The molecule has 1 N–H and O–H groups in total. The fourth-order valence-corrected chi connectivity index (χ4v) is 3.56. The van der Waals surface area contributed by atoms with Gasteiger partial charge in [-0.2, -0.15) is 0 Å². The number of hydrogen-bond acceptors (Lipinski definition) is 4. The molecule has 2 heterocycles. The van der Waals surface area contributed by atoms with E-state index in [1.165, 1.54) is 5.56 Å². The van der Waals surface area contributed by atoms with Crippen molar-refractivity contribution in [1.82, 2.24) is 20.1 Å². The smallest absolute Gasteiger partial charge is 0.291 e. The van der Waals surface area contributed by atoms with Gasteiger partial charge in [0, 0.05) is 19.6 Å². The maximum absolute atomic E-state index is 12.6. The lowest BCUT2D eigenvalue weighted by Crippen LogP contribution is -2.32. The molecule has 1 saturated heterocycles. The summed E-state index contributed by atoms with van der Waals surface area (Å²) in [5.74, 6) is 0.724. The summed E-state index contributed by atoms with van der Waals surface area (Å²) in [6.45, 7) is 3.31. The number of benzene rings is 2. The first kappa shape index (κ1) is 19.3. The minimum Gasteiger partial charge on any atom is -0.376 e. The third-order valence-electron chi connectivity index (χ3n) is 5.12. The van der Waals surface area contributed by atoms with Crippen LogP contribution in [0.1, 0.15) is 40.4 Å². The van der Waals surface area contributed by atoms with E-state index >= 15 is 0 Å². The van der Waals surface area contributed by atoms with Gasteiger partial charge in [-0.05, 0) is 49.4 Å². The fourth-order valence-electron chi connectivity index (χ4n) is 3.56. The molecule has 0 radical (unpaired) electrons. The van der Waals surface area contributed by atoms with Crippen molar-refractivity contribution in [3.63, 3.8) is 0 Å². The van der Waals surface area contributed by atoms with E-state index in [1.54, 1.807) is 4.68 Å². The zero-order valence-electron chi connectivity index (χ0n) is 16.7. The van der Waals surface area contributed by atoms with Gasteiger partial charge < -0.3 is 10.1 Å². The summed E-state index contributed by atoms with van der Waals surface area (Å²) >= 11 is 0. The minimum absolute atomic E-state index is 0.0929. The topological polar surface area (TPSA) is 69.0 Å².